The van der Waals surface area contributed by atoms with Crippen LogP contribution in [0.2, 0.25) is 0 Å². The van der Waals surface area contributed by atoms with Gasteiger partial charge in [0, 0.05) is 6.54 Å². The van der Waals surface area contributed by atoms with Gasteiger partial charge in [-0.2, -0.15) is 0 Å². The normalized spacial score (nSPS) is 22.8. The molecule has 70 valence electrons. The van der Waals surface area contributed by atoms with E-state index in [9.17, 15) is 4.79 Å². The lowest BCUT2D eigenvalue weighted by Crippen LogP contribution is -2.38. The van der Waals surface area contributed by atoms with Gasteiger partial charge >= 0.3 is 0 Å². The molecule has 1 aromatic heterocycles. The quantitative estimate of drug-likeness (QED) is 0.815. The second kappa shape index (κ2) is 4.15. The number of thiophene rings is 1. The van der Waals surface area contributed by atoms with E-state index in [4.69, 9.17) is 0 Å². The first-order valence-corrected chi connectivity index (χ1v) is 6.10. The largest absolute Gasteiger partial charge is 0.355 e. The Morgan fingerprint density at radius 2 is 2.54 bits per heavy atom. The van der Waals surface area contributed by atoms with E-state index < -0.39 is 0 Å². The van der Waals surface area contributed by atoms with Crippen molar-refractivity contribution >= 4 is 29.0 Å². The number of hydrogen-bond donors (Lipinski definition) is 1. The van der Waals surface area contributed by atoms with E-state index in [1.807, 2.05) is 11.4 Å². The van der Waals surface area contributed by atoms with Crippen molar-refractivity contribution in [3.63, 3.8) is 0 Å². The summed E-state index contributed by atoms with van der Waals surface area (Å²) in [5.74, 6) is 0.199. The zero-order valence-corrected chi connectivity index (χ0v) is 8.79. The van der Waals surface area contributed by atoms with Gasteiger partial charge in [0.2, 0.25) is 5.91 Å². The highest BCUT2D eigenvalue weighted by Gasteiger charge is 2.22. The fourth-order valence-corrected chi connectivity index (χ4v) is 3.43. The highest BCUT2D eigenvalue weighted by molar-refractivity contribution is 8.02. The van der Waals surface area contributed by atoms with Gasteiger partial charge in [-0.3, -0.25) is 4.79 Å². The lowest BCUT2D eigenvalue weighted by atomic mass is 10.1. The Bertz CT molecular complexity index is 284. The van der Waals surface area contributed by atoms with E-state index >= 15 is 0 Å². The van der Waals surface area contributed by atoms with Crippen LogP contribution < -0.4 is 5.32 Å². The molecule has 2 heterocycles. The molecule has 13 heavy (non-hydrogen) atoms. The molecule has 1 aliphatic heterocycles. The Morgan fingerprint density at radius 1 is 1.62 bits per heavy atom. The van der Waals surface area contributed by atoms with Gasteiger partial charge in [-0.15, -0.1) is 23.1 Å². The van der Waals surface area contributed by atoms with Gasteiger partial charge in [0.25, 0.3) is 0 Å². The molecule has 0 aliphatic carbocycles. The maximum atomic E-state index is 11.4. The Hall–Kier alpha value is -0.480. The standard InChI is InChI=1S/C9H11NOS2/c11-9-7(3-1-5-10-9)13-8-4-2-6-12-8/h2,4,6-7H,1,3,5H2,(H,10,11). The zero-order chi connectivity index (χ0) is 9.10. The van der Waals surface area contributed by atoms with Crippen LogP contribution in [0.1, 0.15) is 12.8 Å². The van der Waals surface area contributed by atoms with Crippen molar-refractivity contribution in [3.05, 3.63) is 17.5 Å². The molecule has 0 aromatic carbocycles. The second-order valence-corrected chi connectivity index (χ2v) is 5.42. The van der Waals surface area contributed by atoms with Crippen LogP contribution in [-0.2, 0) is 4.79 Å². The molecule has 0 spiro atoms. The van der Waals surface area contributed by atoms with E-state index in [-0.39, 0.29) is 11.2 Å². The molecule has 2 nitrogen and oxygen atoms in total. The summed E-state index contributed by atoms with van der Waals surface area (Å²) in [6, 6.07) is 4.09. The second-order valence-electron chi connectivity index (χ2n) is 2.97. The predicted octanol–water partition coefficient (Wildman–Crippen LogP) is 2.12. The minimum Gasteiger partial charge on any atom is -0.355 e. The molecule has 1 unspecified atom stereocenters. The summed E-state index contributed by atoms with van der Waals surface area (Å²) in [5, 5.41) is 5.07. The van der Waals surface area contributed by atoms with Gasteiger partial charge in [0.05, 0.1) is 9.46 Å². The smallest absolute Gasteiger partial charge is 0.233 e. The number of piperidine rings is 1. The predicted molar refractivity (Wildman–Crippen MR) is 56.2 cm³/mol. The molecule has 1 aromatic rings. The summed E-state index contributed by atoms with van der Waals surface area (Å²) in [7, 11) is 0. The lowest BCUT2D eigenvalue weighted by Gasteiger charge is -2.20. The number of thioether (sulfide) groups is 1. The van der Waals surface area contributed by atoms with Crippen molar-refractivity contribution in [3.8, 4) is 0 Å². The number of amides is 1. The van der Waals surface area contributed by atoms with Crippen LogP contribution >= 0.6 is 23.1 Å². The van der Waals surface area contributed by atoms with E-state index in [0.717, 1.165) is 19.4 Å². The highest BCUT2D eigenvalue weighted by Crippen LogP contribution is 2.31. The number of hydrogen-bond acceptors (Lipinski definition) is 3. The molecule has 2 rings (SSSR count). The van der Waals surface area contributed by atoms with E-state index in [1.165, 1.54) is 4.21 Å². The highest BCUT2D eigenvalue weighted by atomic mass is 32.2. The number of rotatable bonds is 2. The summed E-state index contributed by atoms with van der Waals surface area (Å²) >= 11 is 3.39. The topological polar surface area (TPSA) is 29.1 Å². The van der Waals surface area contributed by atoms with Crippen molar-refractivity contribution in [2.24, 2.45) is 0 Å². The molecule has 1 N–H and O–H groups in total. The van der Waals surface area contributed by atoms with Crippen LogP contribution in [0.4, 0.5) is 0 Å². The molecule has 4 heteroatoms. The average molecular weight is 213 g/mol. The van der Waals surface area contributed by atoms with E-state index in [0.29, 0.717) is 0 Å². The number of carbonyl (C=O) groups is 1. The van der Waals surface area contributed by atoms with Crippen LogP contribution in [-0.4, -0.2) is 17.7 Å². The van der Waals surface area contributed by atoms with Crippen LogP contribution in [0.15, 0.2) is 21.7 Å². The average Bonchev–Trinajstić information content (AvgIpc) is 2.61. The fraction of sp³-hybridized carbons (Fsp3) is 0.444. The molecule has 0 saturated carbocycles. The number of nitrogens with one attached hydrogen (secondary N) is 1. The van der Waals surface area contributed by atoms with Gasteiger partial charge in [0.15, 0.2) is 0 Å². The summed E-state index contributed by atoms with van der Waals surface area (Å²) < 4.78 is 1.24. The first kappa shape index (κ1) is 9.09. The fourth-order valence-electron chi connectivity index (χ4n) is 1.33. The van der Waals surface area contributed by atoms with Crippen molar-refractivity contribution in [1.29, 1.82) is 0 Å². The van der Waals surface area contributed by atoms with Crippen LogP contribution in [0, 0.1) is 0 Å². The summed E-state index contributed by atoms with van der Waals surface area (Å²) in [6.45, 7) is 0.848. The van der Waals surface area contributed by atoms with Gasteiger partial charge in [-0.05, 0) is 24.3 Å². The van der Waals surface area contributed by atoms with Gasteiger partial charge < -0.3 is 5.32 Å². The maximum absolute atomic E-state index is 11.4. The number of carbonyl (C=O) groups excluding carboxylic acids is 1. The maximum Gasteiger partial charge on any atom is 0.233 e. The molecule has 1 amide bonds. The third-order valence-corrected chi connectivity index (χ3v) is 4.33. The summed E-state index contributed by atoms with van der Waals surface area (Å²) in [4.78, 5) is 11.4. The third kappa shape index (κ3) is 2.25. The monoisotopic (exact) mass is 213 g/mol. The zero-order valence-electron chi connectivity index (χ0n) is 7.16. The SMILES string of the molecule is O=C1NCCCC1Sc1cccs1. The van der Waals surface area contributed by atoms with Crippen molar-refractivity contribution < 1.29 is 4.79 Å². The van der Waals surface area contributed by atoms with Crippen LogP contribution in [0.25, 0.3) is 0 Å². The molecule has 1 atom stereocenters. The van der Waals surface area contributed by atoms with Gasteiger partial charge in [0.1, 0.15) is 0 Å². The molecular weight excluding hydrogens is 202 g/mol. The van der Waals surface area contributed by atoms with Crippen LogP contribution in [0.3, 0.4) is 0 Å². The summed E-state index contributed by atoms with van der Waals surface area (Å²) in [6.07, 6.45) is 2.11. The van der Waals surface area contributed by atoms with E-state index in [2.05, 4.69) is 11.4 Å². The molecule has 0 radical (unpaired) electrons. The van der Waals surface area contributed by atoms with E-state index in [1.54, 1.807) is 23.1 Å². The van der Waals surface area contributed by atoms with Crippen molar-refractivity contribution in [2.45, 2.75) is 22.3 Å². The lowest BCUT2D eigenvalue weighted by molar-refractivity contribution is -0.121. The van der Waals surface area contributed by atoms with Gasteiger partial charge in [-0.25, -0.2) is 0 Å². The minimum absolute atomic E-state index is 0.132. The first-order chi connectivity index (χ1) is 6.36. The Morgan fingerprint density at radius 3 is 3.23 bits per heavy atom. The molecule has 1 saturated heterocycles. The van der Waals surface area contributed by atoms with Crippen molar-refractivity contribution in [2.75, 3.05) is 6.54 Å². The third-order valence-electron chi connectivity index (χ3n) is 1.99. The molecular formula is C9H11NOS2. The molecule has 0 bridgehead atoms. The minimum atomic E-state index is 0.132. The Labute approximate surface area is 85.7 Å². The molecule has 1 fully saturated rings. The summed E-state index contributed by atoms with van der Waals surface area (Å²) in [5.41, 5.74) is 0. The molecule has 1 aliphatic rings. The van der Waals surface area contributed by atoms with Crippen LogP contribution in [0.5, 0.6) is 0 Å². The Balaban J connectivity index is 1.97. The Kier molecular flexibility index (Phi) is 2.90. The van der Waals surface area contributed by atoms with Gasteiger partial charge in [-0.1, -0.05) is 6.07 Å². The first-order valence-electron chi connectivity index (χ1n) is 4.34. The van der Waals surface area contributed by atoms with Crippen molar-refractivity contribution in [1.82, 2.24) is 5.32 Å².